The molecule has 0 atom stereocenters. The first-order chi connectivity index (χ1) is 9.79. The largest absolute Gasteiger partial charge is 0.357 e. The highest BCUT2D eigenvalue weighted by molar-refractivity contribution is 7.09. The van der Waals surface area contributed by atoms with Crippen molar-refractivity contribution >= 4 is 17.3 Å². The van der Waals surface area contributed by atoms with Crippen LogP contribution < -0.4 is 10.6 Å². The highest BCUT2D eigenvalue weighted by atomic mass is 32.1. The van der Waals surface area contributed by atoms with E-state index in [1.807, 2.05) is 24.4 Å². The van der Waals surface area contributed by atoms with Gasteiger partial charge in [0.1, 0.15) is 5.82 Å². The molecule has 0 amide bonds. The van der Waals surface area contributed by atoms with E-state index in [2.05, 4.69) is 21.7 Å². The highest BCUT2D eigenvalue weighted by Gasteiger charge is 2.02. The molecule has 1 heterocycles. The summed E-state index contributed by atoms with van der Waals surface area (Å²) < 4.78 is 13.5. The number of aliphatic imine (C=N–C) groups is 1. The minimum absolute atomic E-state index is 0.217. The summed E-state index contributed by atoms with van der Waals surface area (Å²) >= 11 is 1.69. The molecule has 0 unspecified atom stereocenters. The van der Waals surface area contributed by atoms with E-state index in [1.54, 1.807) is 23.5 Å². The number of nitrogens with zero attached hydrogens (tertiary/aromatic N) is 1. The zero-order valence-electron chi connectivity index (χ0n) is 11.4. The van der Waals surface area contributed by atoms with E-state index in [4.69, 9.17) is 0 Å². The molecule has 0 saturated carbocycles. The van der Waals surface area contributed by atoms with Gasteiger partial charge in [-0.15, -0.1) is 11.3 Å². The van der Waals surface area contributed by atoms with E-state index in [1.165, 1.54) is 10.9 Å². The number of nitrogens with one attached hydrogen (secondary N) is 2. The fourth-order valence-corrected chi connectivity index (χ4v) is 2.36. The number of rotatable bonds is 5. The van der Waals surface area contributed by atoms with Gasteiger partial charge in [0.25, 0.3) is 0 Å². The molecule has 0 spiro atoms. The SMILES string of the molecule is CCNC(=NCc1ccccc1F)NCc1cccs1. The van der Waals surface area contributed by atoms with Crippen molar-refractivity contribution in [2.75, 3.05) is 6.54 Å². The lowest BCUT2D eigenvalue weighted by molar-refractivity contribution is 0.610. The molecule has 106 valence electrons. The quantitative estimate of drug-likeness (QED) is 0.656. The van der Waals surface area contributed by atoms with Gasteiger partial charge in [-0.3, -0.25) is 0 Å². The molecule has 0 aliphatic heterocycles. The molecule has 5 heteroatoms. The Morgan fingerprint density at radius 2 is 2.05 bits per heavy atom. The number of hydrogen-bond donors (Lipinski definition) is 2. The molecule has 0 aliphatic carbocycles. The molecule has 0 bridgehead atoms. The molecule has 2 N–H and O–H groups in total. The Morgan fingerprint density at radius 1 is 1.20 bits per heavy atom. The zero-order chi connectivity index (χ0) is 14.2. The summed E-state index contributed by atoms with van der Waals surface area (Å²) in [4.78, 5) is 5.64. The third-order valence-corrected chi connectivity index (χ3v) is 3.60. The first kappa shape index (κ1) is 14.5. The van der Waals surface area contributed by atoms with Gasteiger partial charge in [-0.25, -0.2) is 9.38 Å². The third kappa shape index (κ3) is 4.35. The Morgan fingerprint density at radius 3 is 2.75 bits per heavy atom. The van der Waals surface area contributed by atoms with Gasteiger partial charge in [-0.05, 0) is 24.4 Å². The second kappa shape index (κ2) is 7.65. The molecule has 0 aliphatic rings. The molecule has 1 aromatic heterocycles. The summed E-state index contributed by atoms with van der Waals surface area (Å²) in [5.74, 6) is 0.481. The van der Waals surface area contributed by atoms with Crippen molar-refractivity contribution in [3.05, 3.63) is 58.0 Å². The smallest absolute Gasteiger partial charge is 0.191 e. The lowest BCUT2D eigenvalue weighted by Gasteiger charge is -2.10. The van der Waals surface area contributed by atoms with Gasteiger partial charge in [0.05, 0.1) is 13.1 Å². The maximum absolute atomic E-state index is 13.5. The lowest BCUT2D eigenvalue weighted by atomic mass is 10.2. The minimum atomic E-state index is -0.217. The van der Waals surface area contributed by atoms with Gasteiger partial charge in [-0.2, -0.15) is 0 Å². The predicted molar refractivity (Wildman–Crippen MR) is 82.4 cm³/mol. The molecule has 2 aromatic rings. The van der Waals surface area contributed by atoms with Crippen molar-refractivity contribution in [1.29, 1.82) is 0 Å². The predicted octanol–water partition coefficient (Wildman–Crippen LogP) is 3.14. The van der Waals surface area contributed by atoms with Crippen LogP contribution in [0.2, 0.25) is 0 Å². The van der Waals surface area contributed by atoms with Crippen molar-refractivity contribution in [1.82, 2.24) is 10.6 Å². The van der Waals surface area contributed by atoms with E-state index in [9.17, 15) is 4.39 Å². The van der Waals surface area contributed by atoms with Crippen LogP contribution in [-0.4, -0.2) is 12.5 Å². The van der Waals surface area contributed by atoms with Crippen LogP contribution in [0.25, 0.3) is 0 Å². The summed E-state index contributed by atoms with van der Waals surface area (Å²) in [6.07, 6.45) is 0. The number of halogens is 1. The van der Waals surface area contributed by atoms with Gasteiger partial charge in [-0.1, -0.05) is 24.3 Å². The Balaban J connectivity index is 1.96. The van der Waals surface area contributed by atoms with Crippen LogP contribution in [0.3, 0.4) is 0 Å². The summed E-state index contributed by atoms with van der Waals surface area (Å²) in [6.45, 7) is 3.83. The highest BCUT2D eigenvalue weighted by Crippen LogP contribution is 2.08. The van der Waals surface area contributed by atoms with Crippen molar-refractivity contribution < 1.29 is 4.39 Å². The number of guanidine groups is 1. The molecule has 0 radical (unpaired) electrons. The Bertz CT molecular complexity index is 552. The van der Waals surface area contributed by atoms with Gasteiger partial charge < -0.3 is 10.6 Å². The monoisotopic (exact) mass is 291 g/mol. The van der Waals surface area contributed by atoms with Crippen LogP contribution in [0.15, 0.2) is 46.8 Å². The topological polar surface area (TPSA) is 36.4 Å². The Kier molecular flexibility index (Phi) is 5.55. The second-order valence-electron chi connectivity index (χ2n) is 4.22. The molecule has 3 nitrogen and oxygen atoms in total. The molecular formula is C15H18FN3S. The van der Waals surface area contributed by atoms with Crippen LogP contribution in [0.5, 0.6) is 0 Å². The van der Waals surface area contributed by atoms with Gasteiger partial charge in [0, 0.05) is 17.0 Å². The lowest BCUT2D eigenvalue weighted by Crippen LogP contribution is -2.36. The number of hydrogen-bond acceptors (Lipinski definition) is 2. The third-order valence-electron chi connectivity index (χ3n) is 2.72. The van der Waals surface area contributed by atoms with Crippen molar-refractivity contribution in [2.24, 2.45) is 4.99 Å². The van der Waals surface area contributed by atoms with E-state index >= 15 is 0 Å². The van der Waals surface area contributed by atoms with Crippen LogP contribution in [0, 0.1) is 5.82 Å². The van der Waals surface area contributed by atoms with Gasteiger partial charge in [0.15, 0.2) is 5.96 Å². The Labute approximate surface area is 122 Å². The average Bonchev–Trinajstić information content (AvgIpc) is 2.97. The van der Waals surface area contributed by atoms with Gasteiger partial charge >= 0.3 is 0 Å². The van der Waals surface area contributed by atoms with E-state index in [0.717, 1.165) is 13.1 Å². The maximum Gasteiger partial charge on any atom is 0.191 e. The van der Waals surface area contributed by atoms with Crippen molar-refractivity contribution in [3.8, 4) is 0 Å². The summed E-state index contributed by atoms with van der Waals surface area (Å²) in [5, 5.41) is 8.44. The van der Waals surface area contributed by atoms with Gasteiger partial charge in [0.2, 0.25) is 0 Å². The van der Waals surface area contributed by atoms with Crippen molar-refractivity contribution in [3.63, 3.8) is 0 Å². The zero-order valence-corrected chi connectivity index (χ0v) is 12.2. The fourth-order valence-electron chi connectivity index (χ4n) is 1.72. The maximum atomic E-state index is 13.5. The summed E-state index contributed by atoms with van der Waals surface area (Å²) in [6, 6.07) is 10.8. The van der Waals surface area contributed by atoms with Crippen LogP contribution in [0.1, 0.15) is 17.4 Å². The standard InChI is InChI=1S/C15H18FN3S/c1-2-17-15(19-11-13-7-5-9-20-13)18-10-12-6-3-4-8-14(12)16/h3-9H,2,10-11H2,1H3,(H2,17,18,19). The second-order valence-corrected chi connectivity index (χ2v) is 5.25. The van der Waals surface area contributed by atoms with Crippen molar-refractivity contribution in [2.45, 2.75) is 20.0 Å². The molecule has 0 fully saturated rings. The van der Waals surface area contributed by atoms with Crippen LogP contribution in [-0.2, 0) is 13.1 Å². The van der Waals surface area contributed by atoms with E-state index in [-0.39, 0.29) is 5.82 Å². The van der Waals surface area contributed by atoms with E-state index in [0.29, 0.717) is 18.1 Å². The van der Waals surface area contributed by atoms with E-state index < -0.39 is 0 Å². The first-order valence-electron chi connectivity index (χ1n) is 6.57. The number of benzene rings is 1. The fraction of sp³-hybridized carbons (Fsp3) is 0.267. The first-order valence-corrected chi connectivity index (χ1v) is 7.45. The molecular weight excluding hydrogens is 273 g/mol. The Hall–Kier alpha value is -1.88. The molecule has 0 saturated heterocycles. The average molecular weight is 291 g/mol. The minimum Gasteiger partial charge on any atom is -0.357 e. The molecule has 1 aromatic carbocycles. The van der Waals surface area contributed by atoms with Crippen LogP contribution >= 0.6 is 11.3 Å². The normalized spacial score (nSPS) is 11.4. The molecule has 20 heavy (non-hydrogen) atoms. The summed E-state index contributed by atoms with van der Waals surface area (Å²) in [5.41, 5.74) is 0.598. The van der Waals surface area contributed by atoms with Crippen LogP contribution in [0.4, 0.5) is 4.39 Å². The molecule has 2 rings (SSSR count). The summed E-state index contributed by atoms with van der Waals surface area (Å²) in [7, 11) is 0. The number of thiophene rings is 1.